The number of hydrogen-bond donors (Lipinski definition) is 3. The van der Waals surface area contributed by atoms with Gasteiger partial charge in [0.2, 0.25) is 17.1 Å². The Bertz CT molecular complexity index is 5860. The van der Waals surface area contributed by atoms with Crippen LogP contribution in [0.3, 0.4) is 0 Å². The van der Waals surface area contributed by atoms with E-state index in [1.807, 2.05) is 66.7 Å². The number of aromatic nitrogens is 3. The fraction of sp³-hybridized carbons (Fsp3) is 0.168. The monoisotopic (exact) mass is 2070 g/mol. The van der Waals surface area contributed by atoms with Crippen LogP contribution in [0.4, 0.5) is 0 Å². The van der Waals surface area contributed by atoms with E-state index in [2.05, 4.69) is 263 Å². The molecular weight excluding hydrogens is 1980 g/mol. The average Bonchev–Trinajstić information content (AvgIpc) is 1.61. The predicted molar refractivity (Wildman–Crippen MR) is 461 cm³/mol. The molecule has 0 aliphatic heterocycles. The summed E-state index contributed by atoms with van der Waals surface area (Å²) < 4.78 is 18.6. The maximum atomic E-state index is 10.0. The molecule has 0 saturated carbocycles. The van der Waals surface area contributed by atoms with Crippen molar-refractivity contribution in [1.29, 1.82) is 0 Å². The van der Waals surface area contributed by atoms with Gasteiger partial charge in [0.05, 0.1) is 17.3 Å². The van der Waals surface area contributed by atoms with E-state index in [-0.39, 0.29) is 100 Å². The maximum absolute atomic E-state index is 10.0. The van der Waals surface area contributed by atoms with Gasteiger partial charge in [-0.25, -0.2) is 0 Å². The standard InChI is InChI=1S/C31H28NO.C28H22NO.C27H20NO.3C5H8O2.3Ir/c1-20-16-26(31(3,4)5)17-21(2)29(20)28-19-25-14-15-27(32-30(25)33-28)24-13-9-12-23(18-24)22-10-7-6-8-11-22;1-18-14-19(2)27(20(3)15-18)26-17-24-12-13-25(29-28(24)30-26)23-11-7-10-22(16-23)21-8-5-4-6-9-21;1-18-13-19(2)15-24(14-18)26-17-23-11-12-25(28-27(23)29-26)22-10-6-9-21(16-22)20-7-4-3-5-8-20;3*1-4(6)3-5(2)7;;;/h6-12,14-19H,1-5H3;4-10,12-17H,1-3H3;3-9,11-17H,1-2H3;3*3,6H,1-2H3;;;/q3*-1;;;;;;. The van der Waals surface area contributed by atoms with Crippen molar-refractivity contribution >= 4 is 50.6 Å². The second-order valence-electron chi connectivity index (χ2n) is 29.2. The Morgan fingerprint density at radius 2 is 0.612 bits per heavy atom. The van der Waals surface area contributed by atoms with Crippen molar-refractivity contribution in [3.63, 3.8) is 0 Å². The fourth-order valence-corrected chi connectivity index (χ4v) is 13.2. The van der Waals surface area contributed by atoms with Crippen LogP contribution in [0.5, 0.6) is 0 Å². The smallest absolute Gasteiger partial charge is 0.217 e. The van der Waals surface area contributed by atoms with Crippen molar-refractivity contribution in [2.45, 2.75) is 116 Å². The van der Waals surface area contributed by atoms with Gasteiger partial charge in [0.15, 0.2) is 17.3 Å². The fourth-order valence-electron chi connectivity index (χ4n) is 13.2. The molecule has 0 amide bonds. The van der Waals surface area contributed by atoms with Gasteiger partial charge in [0.1, 0.15) is 17.3 Å². The number of pyridine rings is 3. The molecule has 0 saturated heterocycles. The SMILES string of the molecule is CC(=O)C=C(C)O.CC(=O)C=C(C)O.CC(=O)C=C(C)O.Cc1cc(C(C)(C)C)cc(C)c1-c1cc2ccc(-c3[c-]ccc(-c4ccccc4)c3)nc2o1.Cc1cc(C)c(-c2cc3ccc(-c4[c-]ccc(-c5ccccc5)c4)nc3o2)c(C)c1.Cc1cc(C)cc(-c2cc3ccc(-c4[c-]ccc(-c5ccccc5)c4)nc3o2)c1.[Ir].[Ir].[Ir]. The molecule has 0 atom stereocenters. The topological polar surface area (TPSA) is 190 Å². The normalized spacial score (nSPS) is 11.1. The van der Waals surface area contributed by atoms with Gasteiger partial charge in [-0.3, -0.25) is 29.3 Å². The second kappa shape index (κ2) is 42.3. The zero-order valence-electron chi connectivity index (χ0n) is 68.0. The number of aliphatic hydroxyl groups excluding tert-OH is 3. The van der Waals surface area contributed by atoms with Crippen molar-refractivity contribution in [1.82, 2.24) is 15.0 Å². The molecule has 15 aromatic rings. The largest absolute Gasteiger partial charge is 0.512 e. The molecule has 12 nitrogen and oxygen atoms in total. The number of aliphatic hydroxyl groups is 3. The Morgan fingerprint density at radius 3 is 0.897 bits per heavy atom. The number of hydrogen-bond acceptors (Lipinski definition) is 12. The Labute approximate surface area is 721 Å². The number of aryl methyl sites for hydroxylation is 7. The van der Waals surface area contributed by atoms with E-state index in [1.165, 1.54) is 121 Å². The quantitative estimate of drug-likeness (QED) is 0.0597. The van der Waals surface area contributed by atoms with Crippen LogP contribution in [0, 0.1) is 66.7 Å². The van der Waals surface area contributed by atoms with E-state index in [0.29, 0.717) is 17.1 Å². The average molecular weight is 2070 g/mol. The summed E-state index contributed by atoms with van der Waals surface area (Å²) in [5.41, 5.74) is 27.8. The van der Waals surface area contributed by atoms with Crippen LogP contribution in [0.1, 0.15) is 107 Å². The van der Waals surface area contributed by atoms with Crippen LogP contribution in [0.25, 0.3) is 134 Å². The zero-order valence-corrected chi connectivity index (χ0v) is 75.1. The first-order chi connectivity index (χ1) is 53.9. The third-order valence-corrected chi connectivity index (χ3v) is 18.0. The number of nitrogens with zero attached hydrogens (tertiary/aromatic N) is 3. The Morgan fingerprint density at radius 1 is 0.328 bits per heavy atom. The molecule has 3 radical (unpaired) electrons. The van der Waals surface area contributed by atoms with E-state index >= 15 is 0 Å². The first kappa shape index (κ1) is 91.8. The number of furan rings is 3. The molecule has 9 aromatic carbocycles. The van der Waals surface area contributed by atoms with Crippen molar-refractivity contribution in [2.24, 2.45) is 0 Å². The number of allylic oxidation sites excluding steroid dienone is 6. The summed E-state index contributed by atoms with van der Waals surface area (Å²) in [6.07, 6.45) is 3.50. The summed E-state index contributed by atoms with van der Waals surface area (Å²) in [6.45, 7) is 30.2. The van der Waals surface area contributed by atoms with Crippen LogP contribution in [-0.2, 0) is 80.1 Å². The minimum atomic E-state index is -0.125. The van der Waals surface area contributed by atoms with Crippen molar-refractivity contribution in [2.75, 3.05) is 0 Å². The summed E-state index contributed by atoms with van der Waals surface area (Å²) in [5, 5.41) is 28.1. The number of ketones is 3. The van der Waals surface area contributed by atoms with Gasteiger partial charge in [-0.15, -0.1) is 106 Å². The van der Waals surface area contributed by atoms with Gasteiger partial charge >= 0.3 is 0 Å². The summed E-state index contributed by atoms with van der Waals surface area (Å²) in [7, 11) is 0. The molecule has 0 unspecified atom stereocenters. The van der Waals surface area contributed by atoms with Crippen LogP contribution < -0.4 is 0 Å². The van der Waals surface area contributed by atoms with Gasteiger partial charge < -0.3 is 28.6 Å². The van der Waals surface area contributed by atoms with Gasteiger partial charge in [0.25, 0.3) is 0 Å². The first-order valence-electron chi connectivity index (χ1n) is 37.3. The Hall–Kier alpha value is -11.4. The second-order valence-corrected chi connectivity index (χ2v) is 29.2. The molecular formula is C101H94Ir3N3O9-3. The number of carbonyl (C=O) groups is 3. The summed E-state index contributed by atoms with van der Waals surface area (Å²) in [5.74, 6) is 2.39. The van der Waals surface area contributed by atoms with Crippen molar-refractivity contribution in [3.8, 4) is 101 Å². The van der Waals surface area contributed by atoms with Gasteiger partial charge in [-0.1, -0.05) is 195 Å². The molecule has 0 aliphatic rings. The van der Waals surface area contributed by atoms with Crippen molar-refractivity contribution in [3.05, 3.63) is 341 Å². The van der Waals surface area contributed by atoms with Gasteiger partial charge in [-0.2, -0.15) is 0 Å². The number of carbonyl (C=O) groups excluding carboxylic acids is 3. The van der Waals surface area contributed by atoms with Crippen LogP contribution in [0.2, 0.25) is 0 Å². The molecule has 597 valence electrons. The van der Waals surface area contributed by atoms with E-state index in [0.717, 1.165) is 101 Å². The van der Waals surface area contributed by atoms with Crippen molar-refractivity contribution < 1.29 is 103 Å². The minimum absolute atomic E-state index is 0. The molecule has 116 heavy (non-hydrogen) atoms. The van der Waals surface area contributed by atoms with Crippen LogP contribution in [0.15, 0.2) is 291 Å². The molecule has 0 fully saturated rings. The summed E-state index contributed by atoms with van der Waals surface area (Å²) in [4.78, 5) is 44.5. The summed E-state index contributed by atoms with van der Waals surface area (Å²) >= 11 is 0. The molecule has 15 heteroatoms. The Kier molecular flexibility index (Phi) is 33.5. The van der Waals surface area contributed by atoms with E-state index in [9.17, 15) is 14.4 Å². The third kappa shape index (κ3) is 25.6. The van der Waals surface area contributed by atoms with E-state index < -0.39 is 0 Å². The number of rotatable bonds is 12. The molecule has 0 aliphatic carbocycles. The van der Waals surface area contributed by atoms with E-state index in [1.54, 1.807) is 0 Å². The molecule has 6 heterocycles. The van der Waals surface area contributed by atoms with Gasteiger partial charge in [0, 0.05) is 111 Å². The van der Waals surface area contributed by atoms with Gasteiger partial charge in [-0.05, 0) is 187 Å². The molecule has 0 spiro atoms. The minimum Gasteiger partial charge on any atom is -0.512 e. The maximum Gasteiger partial charge on any atom is 0.217 e. The van der Waals surface area contributed by atoms with Crippen LogP contribution in [-0.4, -0.2) is 47.6 Å². The molecule has 15 rings (SSSR count). The predicted octanol–water partition coefficient (Wildman–Crippen LogP) is 26.4. The third-order valence-electron chi connectivity index (χ3n) is 18.0. The number of benzene rings is 9. The number of fused-ring (bicyclic) bond motifs is 3. The Balaban J connectivity index is 0.000000211. The summed E-state index contributed by atoms with van der Waals surface area (Å²) in [6, 6.07) is 93.5. The zero-order chi connectivity index (χ0) is 81.2. The molecule has 3 N–H and O–H groups in total. The van der Waals surface area contributed by atoms with Crippen LogP contribution >= 0.6 is 0 Å². The van der Waals surface area contributed by atoms with E-state index in [4.69, 9.17) is 43.5 Å². The molecule has 0 bridgehead atoms. The first-order valence-corrected chi connectivity index (χ1v) is 37.3. The molecule has 6 aromatic heterocycles.